The van der Waals surface area contributed by atoms with Crippen molar-refractivity contribution in [3.05, 3.63) is 36.5 Å². The van der Waals surface area contributed by atoms with Gasteiger partial charge >= 0.3 is 6.09 Å². The van der Waals surface area contributed by atoms with Gasteiger partial charge in [0, 0.05) is 60.2 Å². The molecule has 1 unspecified atom stereocenters. The van der Waals surface area contributed by atoms with Crippen LogP contribution in [0.25, 0.3) is 21.9 Å². The number of hydrogen-bond donors (Lipinski definition) is 2. The largest absolute Gasteiger partial charge is 0.444 e. The van der Waals surface area contributed by atoms with Crippen LogP contribution in [0.1, 0.15) is 52.5 Å². The molecule has 5 heterocycles. The molecule has 11 nitrogen and oxygen atoms in total. The van der Waals surface area contributed by atoms with E-state index in [1.54, 1.807) is 6.20 Å². The molecule has 4 aromatic rings. The number of nitrogens with zero attached hydrogens (tertiary/aromatic N) is 7. The van der Waals surface area contributed by atoms with Crippen LogP contribution in [0.15, 0.2) is 30.6 Å². The Morgan fingerprint density at radius 2 is 1.82 bits per heavy atom. The summed E-state index contributed by atoms with van der Waals surface area (Å²) in [4.78, 5) is 27.5. The van der Waals surface area contributed by atoms with Gasteiger partial charge in [-0.1, -0.05) is 12.8 Å². The van der Waals surface area contributed by atoms with Crippen molar-refractivity contribution in [1.82, 2.24) is 35.0 Å². The summed E-state index contributed by atoms with van der Waals surface area (Å²) in [5.41, 5.74) is 0.681. The van der Waals surface area contributed by atoms with Gasteiger partial charge in [-0.05, 0) is 51.8 Å². The van der Waals surface area contributed by atoms with E-state index in [9.17, 15) is 9.18 Å². The molecule has 3 aliphatic rings. The number of alkyl carbamates (subject to hydrolysis) is 1. The fourth-order valence-corrected chi connectivity index (χ4v) is 6.35. The Hall–Kier alpha value is -4.09. The molecular weight excluding hydrogens is 513 g/mol. The third kappa shape index (κ3) is 4.44. The lowest BCUT2D eigenvalue weighted by molar-refractivity contribution is 0.0518. The molecule has 1 saturated heterocycles. The molecule has 2 saturated carbocycles. The van der Waals surface area contributed by atoms with E-state index >= 15 is 0 Å². The number of aromatic nitrogens is 6. The molecule has 1 aliphatic heterocycles. The molecular formula is C28H32FN9O2. The lowest BCUT2D eigenvalue weighted by atomic mass is 10.2. The molecule has 2 aliphatic carbocycles. The minimum atomic E-state index is -0.508. The van der Waals surface area contributed by atoms with Crippen LogP contribution >= 0.6 is 0 Å². The number of rotatable bonds is 5. The minimum absolute atomic E-state index is 0.149. The highest BCUT2D eigenvalue weighted by atomic mass is 19.1. The predicted octanol–water partition coefficient (Wildman–Crippen LogP) is 4.73. The Labute approximate surface area is 230 Å². The van der Waals surface area contributed by atoms with Crippen LogP contribution in [-0.2, 0) is 4.74 Å². The zero-order chi connectivity index (χ0) is 27.6. The fraction of sp³-hybridized carbons (Fsp3) is 0.500. The number of halogens is 1. The molecule has 3 fully saturated rings. The van der Waals surface area contributed by atoms with Crippen LogP contribution in [0.3, 0.4) is 0 Å². The normalized spacial score (nSPS) is 22.6. The molecule has 0 spiro atoms. The average molecular weight is 546 g/mol. The second-order valence-electron chi connectivity index (χ2n) is 12.0. The van der Waals surface area contributed by atoms with Crippen molar-refractivity contribution in [2.24, 2.45) is 11.8 Å². The van der Waals surface area contributed by atoms with Gasteiger partial charge in [0.25, 0.3) is 0 Å². The first-order chi connectivity index (χ1) is 19.2. The minimum Gasteiger partial charge on any atom is -0.444 e. The lowest BCUT2D eigenvalue weighted by Crippen LogP contribution is -2.38. The molecule has 1 amide bonds. The van der Waals surface area contributed by atoms with Crippen molar-refractivity contribution in [2.75, 3.05) is 23.3 Å². The highest BCUT2D eigenvalue weighted by molar-refractivity contribution is 6.06. The molecule has 2 N–H and O–H groups in total. The number of anilines is 3. The molecule has 7 rings (SSSR count). The smallest absolute Gasteiger partial charge is 0.407 e. The number of carbonyl (C=O) groups is 1. The summed E-state index contributed by atoms with van der Waals surface area (Å²) in [5.74, 6) is 1.98. The molecule has 0 bridgehead atoms. The van der Waals surface area contributed by atoms with Gasteiger partial charge in [-0.2, -0.15) is 9.37 Å². The van der Waals surface area contributed by atoms with Crippen molar-refractivity contribution in [1.29, 1.82) is 0 Å². The first kappa shape index (κ1) is 24.9. The highest BCUT2D eigenvalue weighted by Gasteiger charge is 2.57. The maximum Gasteiger partial charge on any atom is 0.407 e. The maximum absolute atomic E-state index is 14.9. The summed E-state index contributed by atoms with van der Waals surface area (Å²) in [6, 6.07) is 5.94. The highest BCUT2D eigenvalue weighted by Crippen LogP contribution is 2.46. The monoisotopic (exact) mass is 545 g/mol. The van der Waals surface area contributed by atoms with Gasteiger partial charge in [-0.15, -0.1) is 10.2 Å². The number of carbonyl (C=O) groups excluding carboxylic acids is 1. The van der Waals surface area contributed by atoms with Crippen LogP contribution in [0.2, 0.25) is 0 Å². The number of nitrogens with one attached hydrogen (secondary N) is 2. The summed E-state index contributed by atoms with van der Waals surface area (Å²) in [6.45, 7) is 7.20. The molecule has 4 aromatic heterocycles. The molecule has 12 heteroatoms. The van der Waals surface area contributed by atoms with E-state index in [0.29, 0.717) is 34.8 Å². The first-order valence-electron chi connectivity index (χ1n) is 13.9. The van der Waals surface area contributed by atoms with Gasteiger partial charge in [0.05, 0.1) is 0 Å². The van der Waals surface area contributed by atoms with Crippen molar-refractivity contribution < 1.29 is 13.9 Å². The van der Waals surface area contributed by atoms with E-state index in [1.165, 1.54) is 6.20 Å². The fourth-order valence-electron chi connectivity index (χ4n) is 6.35. The number of fused-ring (bicyclic) bond motifs is 4. The van der Waals surface area contributed by atoms with E-state index in [1.807, 2.05) is 43.5 Å². The van der Waals surface area contributed by atoms with Crippen LogP contribution in [0.5, 0.6) is 0 Å². The maximum atomic E-state index is 14.9. The Morgan fingerprint density at radius 3 is 2.52 bits per heavy atom. The Morgan fingerprint density at radius 1 is 1.05 bits per heavy atom. The van der Waals surface area contributed by atoms with E-state index in [4.69, 9.17) is 9.72 Å². The van der Waals surface area contributed by atoms with Gasteiger partial charge in [0.1, 0.15) is 16.8 Å². The van der Waals surface area contributed by atoms with Gasteiger partial charge < -0.3 is 24.8 Å². The summed E-state index contributed by atoms with van der Waals surface area (Å²) < 4.78 is 22.3. The van der Waals surface area contributed by atoms with Crippen LogP contribution < -0.4 is 15.5 Å². The van der Waals surface area contributed by atoms with Crippen LogP contribution in [-0.4, -0.2) is 60.5 Å². The SMILES string of the molecule is CC(C)(C)OC(=O)NC1[C@H]2CN(c3ccc(Nc4ncc5c6ccnc(F)c6n(C6CCCC6)c5n4)nn3)C[C@@H]12. The second kappa shape index (κ2) is 9.24. The Balaban J connectivity index is 1.05. The number of ether oxygens (including phenoxy) is 1. The van der Waals surface area contributed by atoms with Gasteiger partial charge in [-0.3, -0.25) is 0 Å². The molecule has 3 atom stereocenters. The standard InChI is InChI=1S/C28H32FN9O2/c1-28(2,3)40-27(39)33-22-18-13-37(14-19(18)22)21-9-8-20(35-36-21)32-26-31-12-17-16-10-11-30-24(29)23(16)38(25(17)34-26)15-6-4-5-7-15/h8-12,15,18-19,22H,4-7,13-14H2,1-3H3,(H,33,39)(H,31,32,34,35)/t18-,19+,22?. The summed E-state index contributed by atoms with van der Waals surface area (Å²) in [5, 5.41) is 16.5. The predicted molar refractivity (Wildman–Crippen MR) is 148 cm³/mol. The molecule has 40 heavy (non-hydrogen) atoms. The molecule has 0 radical (unpaired) electrons. The van der Waals surface area contributed by atoms with E-state index in [-0.39, 0.29) is 18.2 Å². The third-order valence-electron chi connectivity index (χ3n) is 8.19. The third-order valence-corrected chi connectivity index (χ3v) is 8.19. The van der Waals surface area contributed by atoms with E-state index in [2.05, 4.69) is 35.7 Å². The van der Waals surface area contributed by atoms with Crippen LogP contribution in [0, 0.1) is 17.8 Å². The van der Waals surface area contributed by atoms with Crippen molar-refractivity contribution in [2.45, 2.75) is 64.1 Å². The average Bonchev–Trinajstić information content (AvgIpc) is 3.37. The topological polar surface area (TPSA) is 123 Å². The number of pyridine rings is 1. The quantitative estimate of drug-likeness (QED) is 0.343. The summed E-state index contributed by atoms with van der Waals surface area (Å²) in [6.07, 6.45) is 7.07. The Bertz CT molecular complexity index is 1580. The van der Waals surface area contributed by atoms with Crippen molar-refractivity contribution in [3.8, 4) is 0 Å². The van der Waals surface area contributed by atoms with Crippen molar-refractivity contribution >= 4 is 45.6 Å². The van der Waals surface area contributed by atoms with E-state index in [0.717, 1.165) is 55.4 Å². The van der Waals surface area contributed by atoms with Gasteiger partial charge in [-0.25, -0.2) is 14.8 Å². The number of piperidine rings is 1. The molecule has 0 aromatic carbocycles. The second-order valence-corrected chi connectivity index (χ2v) is 12.0. The molecule has 208 valence electrons. The first-order valence-corrected chi connectivity index (χ1v) is 13.9. The van der Waals surface area contributed by atoms with Gasteiger partial charge in [0.2, 0.25) is 11.9 Å². The van der Waals surface area contributed by atoms with Gasteiger partial charge in [0.15, 0.2) is 11.6 Å². The Kier molecular flexibility index (Phi) is 5.76. The van der Waals surface area contributed by atoms with Crippen molar-refractivity contribution in [3.63, 3.8) is 0 Å². The zero-order valence-electron chi connectivity index (χ0n) is 22.8. The lowest BCUT2D eigenvalue weighted by Gasteiger charge is -2.22. The van der Waals surface area contributed by atoms with Crippen LogP contribution in [0.4, 0.5) is 26.8 Å². The number of hydrogen-bond acceptors (Lipinski definition) is 9. The number of amides is 1. The summed E-state index contributed by atoms with van der Waals surface area (Å²) >= 11 is 0. The zero-order valence-corrected chi connectivity index (χ0v) is 22.8. The van der Waals surface area contributed by atoms with E-state index < -0.39 is 11.5 Å². The summed E-state index contributed by atoms with van der Waals surface area (Å²) in [7, 11) is 0.